The minimum Gasteiger partial charge on any atom is -0.435 e. The van der Waals surface area contributed by atoms with Crippen LogP contribution in [0.25, 0.3) is 6.08 Å². The number of morpholine rings is 1. The first-order chi connectivity index (χ1) is 12.6. The first-order valence-corrected chi connectivity index (χ1v) is 8.32. The molecule has 4 nitrogen and oxygen atoms in total. The third kappa shape index (κ3) is 4.89. The number of hydrogen-bond donors (Lipinski definition) is 0. The summed E-state index contributed by atoms with van der Waals surface area (Å²) >= 11 is 0. The molecule has 26 heavy (non-hydrogen) atoms. The lowest BCUT2D eigenvalue weighted by Gasteiger charge is -2.28. The van der Waals surface area contributed by atoms with E-state index in [0.717, 1.165) is 37.6 Å². The lowest BCUT2D eigenvalue weighted by atomic mass is 10.1. The molecule has 0 aromatic heterocycles. The van der Waals surface area contributed by atoms with Crippen LogP contribution in [0.5, 0.6) is 5.75 Å². The molecule has 0 amide bonds. The number of halogens is 2. The molecular formula is C20H19F2NO3. The SMILES string of the molecule is O=C(/C=C/c1ccc(N2CCOCC2)cc1)c1cccc(OC(F)F)c1. The summed E-state index contributed by atoms with van der Waals surface area (Å²) in [5.74, 6) is -0.309. The third-order valence-corrected chi connectivity index (χ3v) is 4.04. The van der Waals surface area contributed by atoms with Crippen LogP contribution in [0.15, 0.2) is 54.6 Å². The second-order valence-electron chi connectivity index (χ2n) is 5.79. The summed E-state index contributed by atoms with van der Waals surface area (Å²) in [6.07, 6.45) is 3.12. The second-order valence-corrected chi connectivity index (χ2v) is 5.79. The van der Waals surface area contributed by atoms with Crippen molar-refractivity contribution >= 4 is 17.5 Å². The molecule has 6 heteroatoms. The summed E-state index contributed by atoms with van der Waals surface area (Å²) in [4.78, 5) is 14.5. The zero-order valence-corrected chi connectivity index (χ0v) is 14.1. The van der Waals surface area contributed by atoms with Crippen LogP contribution in [-0.2, 0) is 4.74 Å². The van der Waals surface area contributed by atoms with Crippen molar-refractivity contribution in [3.05, 3.63) is 65.7 Å². The summed E-state index contributed by atoms with van der Waals surface area (Å²) < 4.78 is 34.2. The fourth-order valence-corrected chi connectivity index (χ4v) is 2.71. The molecular weight excluding hydrogens is 340 g/mol. The van der Waals surface area contributed by atoms with Crippen LogP contribution in [0.2, 0.25) is 0 Å². The fraction of sp³-hybridized carbons (Fsp3) is 0.250. The standard InChI is InChI=1S/C20H19F2NO3/c21-20(22)26-18-3-1-2-16(14-18)19(24)9-6-15-4-7-17(8-5-15)23-10-12-25-13-11-23/h1-9,14,20H,10-13H2/b9-6+. The van der Waals surface area contributed by atoms with Crippen LogP contribution < -0.4 is 9.64 Å². The number of ketones is 1. The Morgan fingerprint density at radius 3 is 2.54 bits per heavy atom. The van der Waals surface area contributed by atoms with E-state index >= 15 is 0 Å². The minimum atomic E-state index is -2.92. The van der Waals surface area contributed by atoms with E-state index in [1.54, 1.807) is 12.1 Å². The average Bonchev–Trinajstić information content (AvgIpc) is 2.67. The van der Waals surface area contributed by atoms with Gasteiger partial charge in [0.25, 0.3) is 0 Å². The molecule has 1 aliphatic rings. The summed E-state index contributed by atoms with van der Waals surface area (Å²) in [7, 11) is 0. The molecule has 3 rings (SSSR count). The molecule has 0 saturated carbocycles. The summed E-state index contributed by atoms with van der Waals surface area (Å²) in [6, 6.07) is 13.6. The van der Waals surface area contributed by atoms with Gasteiger partial charge in [-0.3, -0.25) is 4.79 Å². The van der Waals surface area contributed by atoms with Gasteiger partial charge in [0, 0.05) is 24.3 Å². The number of ether oxygens (including phenoxy) is 2. The van der Waals surface area contributed by atoms with E-state index in [1.165, 1.54) is 24.3 Å². The second kappa shape index (κ2) is 8.58. The highest BCUT2D eigenvalue weighted by atomic mass is 19.3. The zero-order chi connectivity index (χ0) is 18.4. The van der Waals surface area contributed by atoms with Crippen molar-refractivity contribution in [2.45, 2.75) is 6.61 Å². The van der Waals surface area contributed by atoms with Gasteiger partial charge in [-0.1, -0.05) is 30.3 Å². The van der Waals surface area contributed by atoms with Gasteiger partial charge in [0.05, 0.1) is 13.2 Å². The van der Waals surface area contributed by atoms with Crippen molar-refractivity contribution in [3.63, 3.8) is 0 Å². The van der Waals surface area contributed by atoms with Gasteiger partial charge in [-0.2, -0.15) is 8.78 Å². The van der Waals surface area contributed by atoms with E-state index in [2.05, 4.69) is 9.64 Å². The predicted molar refractivity (Wildman–Crippen MR) is 95.9 cm³/mol. The van der Waals surface area contributed by atoms with Crippen LogP contribution >= 0.6 is 0 Å². The number of benzene rings is 2. The minimum absolute atomic E-state index is 0.0332. The first kappa shape index (κ1) is 18.1. The van der Waals surface area contributed by atoms with E-state index in [-0.39, 0.29) is 11.5 Å². The summed E-state index contributed by atoms with van der Waals surface area (Å²) in [6.45, 7) is 0.269. The Balaban J connectivity index is 1.64. The number of carbonyl (C=O) groups is 1. The molecule has 1 aliphatic heterocycles. The largest absolute Gasteiger partial charge is 0.435 e. The number of allylic oxidation sites excluding steroid dienone is 1. The number of alkyl halides is 2. The number of hydrogen-bond acceptors (Lipinski definition) is 4. The molecule has 0 bridgehead atoms. The predicted octanol–water partition coefficient (Wildman–Crippen LogP) is 4.02. The smallest absolute Gasteiger partial charge is 0.387 e. The Labute approximate surface area is 150 Å². The summed E-state index contributed by atoms with van der Waals surface area (Å²) in [5.41, 5.74) is 2.30. The number of nitrogens with zero attached hydrogens (tertiary/aromatic N) is 1. The van der Waals surface area contributed by atoms with Gasteiger partial charge in [-0.05, 0) is 35.9 Å². The van der Waals surface area contributed by atoms with Gasteiger partial charge in [0.15, 0.2) is 5.78 Å². The van der Waals surface area contributed by atoms with Crippen molar-refractivity contribution < 1.29 is 23.0 Å². The lowest BCUT2D eigenvalue weighted by Crippen LogP contribution is -2.36. The quantitative estimate of drug-likeness (QED) is 0.577. The highest BCUT2D eigenvalue weighted by molar-refractivity contribution is 6.07. The maximum Gasteiger partial charge on any atom is 0.387 e. The van der Waals surface area contributed by atoms with Crippen molar-refractivity contribution in [1.82, 2.24) is 0 Å². The normalized spacial score (nSPS) is 14.8. The van der Waals surface area contributed by atoms with Crippen LogP contribution in [-0.4, -0.2) is 38.7 Å². The van der Waals surface area contributed by atoms with Crippen LogP contribution in [0, 0.1) is 0 Å². The van der Waals surface area contributed by atoms with Crippen molar-refractivity contribution in [2.75, 3.05) is 31.2 Å². The summed E-state index contributed by atoms with van der Waals surface area (Å²) in [5, 5.41) is 0. The Hall–Kier alpha value is -2.73. The van der Waals surface area contributed by atoms with Gasteiger partial charge in [-0.15, -0.1) is 0 Å². The highest BCUT2D eigenvalue weighted by Gasteiger charge is 2.11. The van der Waals surface area contributed by atoms with E-state index in [4.69, 9.17) is 4.74 Å². The molecule has 0 unspecified atom stereocenters. The Morgan fingerprint density at radius 2 is 1.85 bits per heavy atom. The molecule has 136 valence electrons. The van der Waals surface area contributed by atoms with Crippen molar-refractivity contribution in [3.8, 4) is 5.75 Å². The van der Waals surface area contributed by atoms with Gasteiger partial charge in [0.2, 0.25) is 0 Å². The molecule has 1 fully saturated rings. The molecule has 0 atom stereocenters. The van der Waals surface area contributed by atoms with E-state index in [1.807, 2.05) is 24.3 Å². The van der Waals surface area contributed by atoms with Crippen molar-refractivity contribution in [1.29, 1.82) is 0 Å². The molecule has 1 heterocycles. The van der Waals surface area contributed by atoms with Gasteiger partial charge in [0.1, 0.15) is 5.75 Å². The Bertz CT molecular complexity index is 769. The fourth-order valence-electron chi connectivity index (χ4n) is 2.71. The third-order valence-electron chi connectivity index (χ3n) is 4.04. The van der Waals surface area contributed by atoms with Gasteiger partial charge >= 0.3 is 6.61 Å². The van der Waals surface area contributed by atoms with Crippen LogP contribution in [0.1, 0.15) is 15.9 Å². The number of carbonyl (C=O) groups excluding carboxylic acids is 1. The number of rotatable bonds is 6. The average molecular weight is 359 g/mol. The van der Waals surface area contributed by atoms with Gasteiger partial charge in [-0.25, -0.2) is 0 Å². The topological polar surface area (TPSA) is 38.8 Å². The van der Waals surface area contributed by atoms with Crippen LogP contribution in [0.4, 0.5) is 14.5 Å². The Morgan fingerprint density at radius 1 is 1.12 bits per heavy atom. The monoisotopic (exact) mass is 359 g/mol. The molecule has 0 radical (unpaired) electrons. The van der Waals surface area contributed by atoms with E-state index in [0.29, 0.717) is 5.56 Å². The van der Waals surface area contributed by atoms with Crippen LogP contribution in [0.3, 0.4) is 0 Å². The first-order valence-electron chi connectivity index (χ1n) is 8.32. The molecule has 0 spiro atoms. The maximum absolute atomic E-state index is 12.3. The van der Waals surface area contributed by atoms with E-state index in [9.17, 15) is 13.6 Å². The molecule has 0 N–H and O–H groups in total. The highest BCUT2D eigenvalue weighted by Crippen LogP contribution is 2.19. The molecule has 0 aliphatic carbocycles. The lowest BCUT2D eigenvalue weighted by molar-refractivity contribution is -0.0498. The van der Waals surface area contributed by atoms with E-state index < -0.39 is 6.61 Å². The number of anilines is 1. The Kier molecular flexibility index (Phi) is 5.96. The molecule has 2 aromatic carbocycles. The molecule has 2 aromatic rings. The zero-order valence-electron chi connectivity index (χ0n) is 14.1. The maximum atomic E-state index is 12.3. The van der Waals surface area contributed by atoms with Gasteiger partial charge < -0.3 is 14.4 Å². The molecule has 1 saturated heterocycles. The van der Waals surface area contributed by atoms with Crippen molar-refractivity contribution in [2.24, 2.45) is 0 Å².